The SMILES string of the molecule is Cc1ccc(Cl)c(NC(=O)C(CC(=O)O)NC(=O)OCC2c3ccccc3-c3ccccc32)c1Cl. The number of carboxylic acid groups (broad SMARTS) is 1. The molecule has 1 aliphatic carbocycles. The predicted octanol–water partition coefficient (Wildman–Crippen LogP) is 5.62. The first-order valence-corrected chi connectivity index (χ1v) is 11.6. The van der Waals surface area contributed by atoms with Crippen molar-refractivity contribution in [3.05, 3.63) is 87.4 Å². The third-order valence-corrected chi connectivity index (χ3v) is 6.67. The molecule has 0 saturated heterocycles. The van der Waals surface area contributed by atoms with Crippen LogP contribution in [-0.2, 0) is 14.3 Å². The Morgan fingerprint density at radius 2 is 1.57 bits per heavy atom. The van der Waals surface area contributed by atoms with Crippen LogP contribution in [0.4, 0.5) is 10.5 Å². The van der Waals surface area contributed by atoms with Crippen molar-refractivity contribution in [1.82, 2.24) is 5.32 Å². The lowest BCUT2D eigenvalue weighted by Gasteiger charge is -2.19. The first kappa shape index (κ1) is 24.6. The van der Waals surface area contributed by atoms with Gasteiger partial charge in [-0.05, 0) is 40.8 Å². The van der Waals surface area contributed by atoms with Crippen LogP contribution in [0.5, 0.6) is 0 Å². The summed E-state index contributed by atoms with van der Waals surface area (Å²) in [6.07, 6.45) is -1.56. The Labute approximate surface area is 212 Å². The smallest absolute Gasteiger partial charge is 0.407 e. The van der Waals surface area contributed by atoms with Gasteiger partial charge in [0.05, 0.1) is 22.2 Å². The highest BCUT2D eigenvalue weighted by Gasteiger charge is 2.30. The van der Waals surface area contributed by atoms with Crippen LogP contribution in [-0.4, -0.2) is 35.7 Å². The van der Waals surface area contributed by atoms with Gasteiger partial charge in [-0.1, -0.05) is 77.8 Å². The molecule has 3 aromatic rings. The molecule has 3 aromatic carbocycles. The molecule has 0 aromatic heterocycles. The van der Waals surface area contributed by atoms with E-state index in [-0.39, 0.29) is 28.3 Å². The number of benzene rings is 3. The number of carboxylic acids is 1. The van der Waals surface area contributed by atoms with Gasteiger partial charge in [0.2, 0.25) is 5.91 Å². The number of amides is 2. The topological polar surface area (TPSA) is 105 Å². The minimum Gasteiger partial charge on any atom is -0.481 e. The van der Waals surface area contributed by atoms with E-state index < -0.39 is 30.4 Å². The van der Waals surface area contributed by atoms with E-state index in [0.29, 0.717) is 5.56 Å². The number of alkyl carbamates (subject to hydrolysis) is 1. The van der Waals surface area contributed by atoms with Crippen molar-refractivity contribution in [2.24, 2.45) is 0 Å². The van der Waals surface area contributed by atoms with Gasteiger partial charge in [-0.3, -0.25) is 9.59 Å². The number of hydrogen-bond donors (Lipinski definition) is 3. The molecular formula is C26H22Cl2N2O5. The number of fused-ring (bicyclic) bond motifs is 3. The highest BCUT2D eigenvalue weighted by molar-refractivity contribution is 6.40. The zero-order valence-electron chi connectivity index (χ0n) is 18.7. The van der Waals surface area contributed by atoms with Crippen LogP contribution >= 0.6 is 23.2 Å². The van der Waals surface area contributed by atoms with E-state index in [1.807, 2.05) is 48.5 Å². The highest BCUT2D eigenvalue weighted by atomic mass is 35.5. The average molecular weight is 513 g/mol. The van der Waals surface area contributed by atoms with Crippen molar-refractivity contribution < 1.29 is 24.2 Å². The third-order valence-electron chi connectivity index (χ3n) is 5.86. The van der Waals surface area contributed by atoms with Gasteiger partial charge < -0.3 is 20.5 Å². The lowest BCUT2D eigenvalue weighted by Crippen LogP contribution is -2.45. The normalized spacial score (nSPS) is 12.9. The summed E-state index contributed by atoms with van der Waals surface area (Å²) in [5.74, 6) is -2.23. The standard InChI is InChI=1S/C26H22Cl2N2O5/c1-14-10-11-20(27)24(23(14)28)30-25(33)21(12-22(31)32)29-26(34)35-13-19-17-8-4-2-6-15(17)16-7-3-5-9-18(16)19/h2-11,19,21H,12-13H2,1H3,(H,29,34)(H,30,33)(H,31,32). The minimum absolute atomic E-state index is 0.0246. The molecule has 3 N–H and O–H groups in total. The van der Waals surface area contributed by atoms with E-state index in [9.17, 15) is 19.5 Å². The Hall–Kier alpha value is -3.55. The van der Waals surface area contributed by atoms with Gasteiger partial charge in [-0.2, -0.15) is 0 Å². The van der Waals surface area contributed by atoms with Crippen molar-refractivity contribution in [2.45, 2.75) is 25.3 Å². The van der Waals surface area contributed by atoms with E-state index in [1.54, 1.807) is 19.1 Å². The summed E-state index contributed by atoms with van der Waals surface area (Å²) in [5.41, 5.74) is 5.03. The highest BCUT2D eigenvalue weighted by Crippen LogP contribution is 2.44. The molecule has 0 saturated carbocycles. The van der Waals surface area contributed by atoms with E-state index in [0.717, 1.165) is 22.3 Å². The fourth-order valence-electron chi connectivity index (χ4n) is 4.15. The maximum atomic E-state index is 12.8. The molecule has 1 aliphatic rings. The number of hydrogen-bond acceptors (Lipinski definition) is 4. The quantitative estimate of drug-likeness (QED) is 0.380. The van der Waals surface area contributed by atoms with E-state index >= 15 is 0 Å². The van der Waals surface area contributed by atoms with Crippen molar-refractivity contribution >= 4 is 46.9 Å². The van der Waals surface area contributed by atoms with Crippen molar-refractivity contribution in [1.29, 1.82) is 0 Å². The summed E-state index contributed by atoms with van der Waals surface area (Å²) in [6.45, 7) is 1.76. The van der Waals surface area contributed by atoms with Crippen LogP contribution in [0.3, 0.4) is 0 Å². The Bertz CT molecular complexity index is 1270. The van der Waals surface area contributed by atoms with Gasteiger partial charge in [0.25, 0.3) is 0 Å². The first-order valence-electron chi connectivity index (χ1n) is 10.8. The molecule has 2 amide bonds. The zero-order chi connectivity index (χ0) is 25.1. The Balaban J connectivity index is 1.46. The number of carbonyl (C=O) groups is 3. The van der Waals surface area contributed by atoms with Crippen LogP contribution in [0.1, 0.15) is 29.0 Å². The molecule has 1 unspecified atom stereocenters. The number of aryl methyl sites for hydroxylation is 1. The molecule has 0 heterocycles. The summed E-state index contributed by atoms with van der Waals surface area (Å²) in [6, 6.07) is 17.6. The molecule has 0 spiro atoms. The van der Waals surface area contributed by atoms with Crippen LogP contribution in [0.15, 0.2) is 60.7 Å². The third kappa shape index (κ3) is 5.26. The molecule has 35 heavy (non-hydrogen) atoms. The van der Waals surface area contributed by atoms with E-state index in [2.05, 4.69) is 10.6 Å². The van der Waals surface area contributed by atoms with Gasteiger partial charge in [0.1, 0.15) is 12.6 Å². The average Bonchev–Trinajstić information content (AvgIpc) is 3.16. The molecule has 4 rings (SSSR count). The number of anilines is 1. The van der Waals surface area contributed by atoms with Gasteiger partial charge in [-0.15, -0.1) is 0 Å². The van der Waals surface area contributed by atoms with Crippen molar-refractivity contribution in [3.8, 4) is 11.1 Å². The summed E-state index contributed by atoms with van der Waals surface area (Å²) in [5, 5.41) is 14.5. The van der Waals surface area contributed by atoms with Crippen molar-refractivity contribution in [3.63, 3.8) is 0 Å². The fourth-order valence-corrected chi connectivity index (χ4v) is 4.61. The molecule has 0 fully saturated rings. The van der Waals surface area contributed by atoms with E-state index in [4.69, 9.17) is 27.9 Å². The van der Waals surface area contributed by atoms with Gasteiger partial charge in [-0.25, -0.2) is 4.79 Å². The number of halogens is 2. The molecule has 1 atom stereocenters. The van der Waals surface area contributed by atoms with Gasteiger partial charge in [0.15, 0.2) is 0 Å². The number of ether oxygens (including phenoxy) is 1. The van der Waals surface area contributed by atoms with Crippen LogP contribution in [0.2, 0.25) is 10.0 Å². The molecule has 0 aliphatic heterocycles. The second kappa shape index (κ2) is 10.4. The Morgan fingerprint density at radius 1 is 0.971 bits per heavy atom. The second-order valence-corrected chi connectivity index (χ2v) is 8.95. The molecule has 0 radical (unpaired) electrons. The second-order valence-electron chi connectivity index (χ2n) is 8.16. The number of nitrogens with one attached hydrogen (secondary N) is 2. The Morgan fingerprint density at radius 3 is 2.17 bits per heavy atom. The minimum atomic E-state index is -1.41. The summed E-state index contributed by atoms with van der Waals surface area (Å²) in [4.78, 5) is 36.8. The molecule has 9 heteroatoms. The molecule has 180 valence electrons. The van der Waals surface area contributed by atoms with Crippen LogP contribution < -0.4 is 10.6 Å². The van der Waals surface area contributed by atoms with Crippen LogP contribution in [0.25, 0.3) is 11.1 Å². The van der Waals surface area contributed by atoms with Crippen molar-refractivity contribution in [2.75, 3.05) is 11.9 Å². The lowest BCUT2D eigenvalue weighted by molar-refractivity contribution is -0.139. The Kier molecular flexibility index (Phi) is 7.28. The summed E-state index contributed by atoms with van der Waals surface area (Å²) in [7, 11) is 0. The zero-order valence-corrected chi connectivity index (χ0v) is 20.2. The molecule has 0 bridgehead atoms. The molecular weight excluding hydrogens is 491 g/mol. The van der Waals surface area contributed by atoms with Crippen LogP contribution in [0, 0.1) is 6.92 Å². The van der Waals surface area contributed by atoms with Gasteiger partial charge >= 0.3 is 12.1 Å². The summed E-state index contributed by atoms with van der Waals surface area (Å²) >= 11 is 12.4. The number of carbonyl (C=O) groups excluding carboxylic acids is 2. The number of aliphatic carboxylic acids is 1. The van der Waals surface area contributed by atoms with E-state index in [1.165, 1.54) is 0 Å². The first-order chi connectivity index (χ1) is 16.8. The lowest BCUT2D eigenvalue weighted by atomic mass is 9.98. The maximum absolute atomic E-state index is 12.8. The number of rotatable bonds is 7. The largest absolute Gasteiger partial charge is 0.481 e. The summed E-state index contributed by atoms with van der Waals surface area (Å²) < 4.78 is 5.44. The van der Waals surface area contributed by atoms with Gasteiger partial charge in [0, 0.05) is 5.92 Å². The molecule has 7 nitrogen and oxygen atoms in total. The maximum Gasteiger partial charge on any atom is 0.407 e. The predicted molar refractivity (Wildman–Crippen MR) is 134 cm³/mol. The fraction of sp³-hybridized carbons (Fsp3) is 0.192. The monoisotopic (exact) mass is 512 g/mol.